The molecular weight excluding hydrogens is 232 g/mol. The smallest absolute Gasteiger partial charge is 0.332 e. The van der Waals surface area contributed by atoms with Gasteiger partial charge in [-0.3, -0.25) is 0 Å². The molecule has 1 unspecified atom stereocenters. The van der Waals surface area contributed by atoms with Gasteiger partial charge in [-0.25, -0.2) is 4.79 Å². The standard InChI is InChI=1S/C14H20O4/c1-10(2)12-4-6-13(7-5-12)18-9-8-17-11(3)14(15)16/h4-7,10-11H,8-9H2,1-3H3,(H,15,16). The summed E-state index contributed by atoms with van der Waals surface area (Å²) in [7, 11) is 0. The average Bonchev–Trinajstić information content (AvgIpc) is 2.34. The molecule has 0 heterocycles. The van der Waals surface area contributed by atoms with Crippen LogP contribution in [0.25, 0.3) is 0 Å². The number of hydrogen-bond acceptors (Lipinski definition) is 3. The van der Waals surface area contributed by atoms with Crippen LogP contribution in [0.4, 0.5) is 0 Å². The molecule has 0 aliphatic heterocycles. The van der Waals surface area contributed by atoms with E-state index in [1.165, 1.54) is 12.5 Å². The van der Waals surface area contributed by atoms with E-state index >= 15 is 0 Å². The van der Waals surface area contributed by atoms with Gasteiger partial charge in [0.2, 0.25) is 0 Å². The summed E-state index contributed by atoms with van der Waals surface area (Å²) in [6.45, 7) is 6.38. The maximum atomic E-state index is 10.5. The number of aliphatic carboxylic acids is 1. The highest BCUT2D eigenvalue weighted by Crippen LogP contribution is 2.18. The highest BCUT2D eigenvalue weighted by Gasteiger charge is 2.10. The molecule has 4 nitrogen and oxygen atoms in total. The summed E-state index contributed by atoms with van der Waals surface area (Å²) >= 11 is 0. The highest BCUT2D eigenvalue weighted by atomic mass is 16.5. The maximum Gasteiger partial charge on any atom is 0.332 e. The lowest BCUT2D eigenvalue weighted by Crippen LogP contribution is -2.22. The molecule has 1 N–H and O–H groups in total. The predicted octanol–water partition coefficient (Wildman–Crippen LogP) is 2.68. The van der Waals surface area contributed by atoms with Gasteiger partial charge in [0, 0.05) is 0 Å². The van der Waals surface area contributed by atoms with Gasteiger partial charge < -0.3 is 14.6 Å². The molecule has 4 heteroatoms. The molecule has 0 aliphatic carbocycles. The molecule has 0 amide bonds. The largest absolute Gasteiger partial charge is 0.491 e. The van der Waals surface area contributed by atoms with E-state index in [9.17, 15) is 4.79 Å². The van der Waals surface area contributed by atoms with Crippen molar-refractivity contribution < 1.29 is 19.4 Å². The van der Waals surface area contributed by atoms with Crippen molar-refractivity contribution in [2.24, 2.45) is 0 Å². The Morgan fingerprint density at radius 1 is 1.17 bits per heavy atom. The number of benzene rings is 1. The van der Waals surface area contributed by atoms with E-state index in [-0.39, 0.29) is 6.61 Å². The molecule has 1 aromatic carbocycles. The van der Waals surface area contributed by atoms with Crippen LogP contribution >= 0.6 is 0 Å². The van der Waals surface area contributed by atoms with Crippen LogP contribution in [0.2, 0.25) is 0 Å². The molecule has 0 radical (unpaired) electrons. The lowest BCUT2D eigenvalue weighted by molar-refractivity contribution is -0.149. The van der Waals surface area contributed by atoms with Crippen LogP contribution in [0.15, 0.2) is 24.3 Å². The van der Waals surface area contributed by atoms with E-state index < -0.39 is 12.1 Å². The Bertz CT molecular complexity index is 370. The summed E-state index contributed by atoms with van der Waals surface area (Å²) < 4.78 is 10.5. The van der Waals surface area contributed by atoms with E-state index in [0.717, 1.165) is 5.75 Å². The van der Waals surface area contributed by atoms with Crippen molar-refractivity contribution in [1.29, 1.82) is 0 Å². The molecule has 1 rings (SSSR count). The molecule has 0 aliphatic rings. The average molecular weight is 252 g/mol. The lowest BCUT2D eigenvalue weighted by atomic mass is 10.0. The fraction of sp³-hybridized carbons (Fsp3) is 0.500. The van der Waals surface area contributed by atoms with Crippen molar-refractivity contribution in [2.45, 2.75) is 32.8 Å². The van der Waals surface area contributed by atoms with Crippen LogP contribution in [0.5, 0.6) is 5.75 Å². The van der Waals surface area contributed by atoms with Crippen molar-refractivity contribution in [3.05, 3.63) is 29.8 Å². The Kier molecular flexibility index (Phi) is 5.65. The fourth-order valence-electron chi connectivity index (χ4n) is 1.40. The third-order valence-electron chi connectivity index (χ3n) is 2.61. The molecular formula is C14H20O4. The summed E-state index contributed by atoms with van der Waals surface area (Å²) in [6, 6.07) is 7.88. The fourth-order valence-corrected chi connectivity index (χ4v) is 1.40. The Labute approximate surface area is 108 Å². The van der Waals surface area contributed by atoms with Crippen molar-refractivity contribution in [1.82, 2.24) is 0 Å². The first kappa shape index (κ1) is 14.5. The Morgan fingerprint density at radius 3 is 2.28 bits per heavy atom. The van der Waals surface area contributed by atoms with Crippen molar-refractivity contribution in [3.63, 3.8) is 0 Å². The minimum Gasteiger partial charge on any atom is -0.491 e. The van der Waals surface area contributed by atoms with E-state index in [1.54, 1.807) is 0 Å². The first-order valence-electron chi connectivity index (χ1n) is 6.08. The quantitative estimate of drug-likeness (QED) is 0.758. The van der Waals surface area contributed by atoms with Crippen LogP contribution < -0.4 is 4.74 Å². The van der Waals surface area contributed by atoms with Crippen LogP contribution in [0.3, 0.4) is 0 Å². The second-order valence-electron chi connectivity index (χ2n) is 4.42. The number of rotatable bonds is 7. The molecule has 0 bridgehead atoms. The molecule has 1 atom stereocenters. The number of hydrogen-bond donors (Lipinski definition) is 1. The van der Waals surface area contributed by atoms with Crippen LogP contribution in [0, 0.1) is 0 Å². The van der Waals surface area contributed by atoms with E-state index in [1.807, 2.05) is 24.3 Å². The Hall–Kier alpha value is -1.55. The zero-order valence-electron chi connectivity index (χ0n) is 11.1. The lowest BCUT2D eigenvalue weighted by Gasteiger charge is -2.10. The minimum absolute atomic E-state index is 0.263. The van der Waals surface area contributed by atoms with Crippen molar-refractivity contribution >= 4 is 5.97 Å². The molecule has 0 saturated carbocycles. The summed E-state index contributed by atoms with van der Waals surface area (Å²) in [5, 5.41) is 8.62. The molecule has 100 valence electrons. The minimum atomic E-state index is -0.962. The zero-order chi connectivity index (χ0) is 13.5. The first-order chi connectivity index (χ1) is 8.50. The second kappa shape index (κ2) is 7.01. The van der Waals surface area contributed by atoms with Gasteiger partial charge in [0.25, 0.3) is 0 Å². The monoisotopic (exact) mass is 252 g/mol. The number of carboxylic acids is 1. The zero-order valence-corrected chi connectivity index (χ0v) is 11.1. The highest BCUT2D eigenvalue weighted by molar-refractivity contribution is 5.71. The summed E-state index contributed by atoms with van der Waals surface area (Å²) in [5.41, 5.74) is 1.26. The van der Waals surface area contributed by atoms with Gasteiger partial charge in [0.15, 0.2) is 6.10 Å². The van der Waals surface area contributed by atoms with Gasteiger partial charge in [-0.05, 0) is 30.5 Å². The van der Waals surface area contributed by atoms with Gasteiger partial charge in [-0.2, -0.15) is 0 Å². The predicted molar refractivity (Wildman–Crippen MR) is 69.1 cm³/mol. The van der Waals surface area contributed by atoms with Gasteiger partial charge >= 0.3 is 5.97 Å². The summed E-state index contributed by atoms with van der Waals surface area (Å²) in [4.78, 5) is 10.5. The molecule has 0 spiro atoms. The molecule has 0 fully saturated rings. The maximum absolute atomic E-state index is 10.5. The summed E-state index contributed by atoms with van der Waals surface area (Å²) in [6.07, 6.45) is -0.795. The van der Waals surface area contributed by atoms with Crippen LogP contribution in [-0.2, 0) is 9.53 Å². The van der Waals surface area contributed by atoms with Crippen molar-refractivity contribution in [3.8, 4) is 5.75 Å². The third kappa shape index (κ3) is 4.75. The molecule has 1 aromatic rings. The second-order valence-corrected chi connectivity index (χ2v) is 4.42. The van der Waals surface area contributed by atoms with Gasteiger partial charge in [-0.1, -0.05) is 26.0 Å². The summed E-state index contributed by atoms with van der Waals surface area (Å²) in [5.74, 6) is 0.307. The number of carbonyl (C=O) groups is 1. The van der Waals surface area contributed by atoms with E-state index in [0.29, 0.717) is 12.5 Å². The van der Waals surface area contributed by atoms with Crippen molar-refractivity contribution in [2.75, 3.05) is 13.2 Å². The van der Waals surface area contributed by atoms with E-state index in [2.05, 4.69) is 13.8 Å². The Balaban J connectivity index is 2.29. The first-order valence-corrected chi connectivity index (χ1v) is 6.08. The van der Waals surface area contributed by atoms with Crippen LogP contribution in [0.1, 0.15) is 32.3 Å². The van der Waals surface area contributed by atoms with Gasteiger partial charge in [-0.15, -0.1) is 0 Å². The van der Waals surface area contributed by atoms with Crippen LogP contribution in [-0.4, -0.2) is 30.4 Å². The topological polar surface area (TPSA) is 55.8 Å². The normalized spacial score (nSPS) is 12.4. The number of carboxylic acid groups (broad SMARTS) is 1. The molecule has 0 aromatic heterocycles. The number of ether oxygens (including phenoxy) is 2. The molecule has 0 saturated heterocycles. The van der Waals surface area contributed by atoms with Gasteiger partial charge in [0.1, 0.15) is 12.4 Å². The van der Waals surface area contributed by atoms with E-state index in [4.69, 9.17) is 14.6 Å². The van der Waals surface area contributed by atoms with Gasteiger partial charge in [0.05, 0.1) is 6.61 Å². The molecule has 18 heavy (non-hydrogen) atoms. The Morgan fingerprint density at radius 2 is 1.78 bits per heavy atom. The SMILES string of the molecule is CC(OCCOc1ccc(C(C)C)cc1)C(=O)O. The third-order valence-corrected chi connectivity index (χ3v) is 2.61.